The molecule has 6 nitrogen and oxygen atoms in total. The van der Waals surface area contributed by atoms with Crippen molar-refractivity contribution in [3.05, 3.63) is 30.1 Å². The lowest BCUT2D eigenvalue weighted by Crippen LogP contribution is -2.44. The second-order valence-electron chi connectivity index (χ2n) is 6.98. The molecular formula is C16H26N2O4Si. The molecule has 1 aromatic rings. The third kappa shape index (κ3) is 5.76. The molecule has 7 heteroatoms. The predicted molar refractivity (Wildman–Crippen MR) is 90.9 cm³/mol. The van der Waals surface area contributed by atoms with Gasteiger partial charge >= 0.3 is 5.97 Å². The highest BCUT2D eigenvalue weighted by Gasteiger charge is 2.37. The quantitative estimate of drug-likeness (QED) is 0.746. The van der Waals surface area contributed by atoms with Gasteiger partial charge in [-0.05, 0) is 30.3 Å². The molecule has 0 aliphatic rings. The first-order valence-corrected chi connectivity index (χ1v) is 10.5. The van der Waals surface area contributed by atoms with Crippen molar-refractivity contribution in [1.29, 1.82) is 0 Å². The van der Waals surface area contributed by atoms with E-state index in [0.29, 0.717) is 6.61 Å². The number of carboxylic acid groups (broad SMARTS) is 1. The van der Waals surface area contributed by atoms with Crippen LogP contribution >= 0.6 is 0 Å². The van der Waals surface area contributed by atoms with E-state index >= 15 is 0 Å². The van der Waals surface area contributed by atoms with Gasteiger partial charge in [-0.3, -0.25) is 9.78 Å². The summed E-state index contributed by atoms with van der Waals surface area (Å²) in [5.74, 6) is -1.57. The third-order valence-corrected chi connectivity index (χ3v) is 8.71. The van der Waals surface area contributed by atoms with Crippen LogP contribution in [0, 0.1) is 0 Å². The smallest absolute Gasteiger partial charge is 0.326 e. The maximum Gasteiger partial charge on any atom is 0.326 e. The summed E-state index contributed by atoms with van der Waals surface area (Å²) >= 11 is 0. The van der Waals surface area contributed by atoms with Gasteiger partial charge in [0.25, 0.3) is 5.91 Å². The van der Waals surface area contributed by atoms with E-state index in [4.69, 9.17) is 4.43 Å². The fourth-order valence-corrected chi connectivity index (χ4v) is 2.70. The molecule has 0 aromatic carbocycles. The largest absolute Gasteiger partial charge is 0.480 e. The molecule has 0 spiro atoms. The van der Waals surface area contributed by atoms with Gasteiger partial charge in [0.1, 0.15) is 11.7 Å². The van der Waals surface area contributed by atoms with Crippen molar-refractivity contribution in [2.45, 2.75) is 51.4 Å². The number of hydrogen-bond acceptors (Lipinski definition) is 4. The Labute approximate surface area is 138 Å². The fraction of sp³-hybridized carbons (Fsp3) is 0.562. The van der Waals surface area contributed by atoms with E-state index in [0.717, 1.165) is 0 Å². The van der Waals surface area contributed by atoms with Crippen LogP contribution in [0.25, 0.3) is 0 Å². The van der Waals surface area contributed by atoms with Crippen molar-refractivity contribution in [1.82, 2.24) is 10.3 Å². The number of nitrogens with zero attached hydrogens (tertiary/aromatic N) is 1. The molecule has 1 aromatic heterocycles. The molecule has 128 valence electrons. The molecule has 0 aliphatic carbocycles. The molecule has 0 fully saturated rings. The average Bonchev–Trinajstić information content (AvgIpc) is 2.45. The summed E-state index contributed by atoms with van der Waals surface area (Å²) in [4.78, 5) is 27.3. The minimum atomic E-state index is -1.93. The van der Waals surface area contributed by atoms with E-state index in [1.807, 2.05) is 0 Å². The Kier molecular flexibility index (Phi) is 6.46. The number of aromatic nitrogens is 1. The van der Waals surface area contributed by atoms with Crippen molar-refractivity contribution in [3.8, 4) is 0 Å². The topological polar surface area (TPSA) is 88.5 Å². The van der Waals surface area contributed by atoms with Crippen molar-refractivity contribution < 1.29 is 19.1 Å². The molecule has 0 aliphatic heterocycles. The average molecular weight is 338 g/mol. The third-order valence-electron chi connectivity index (χ3n) is 4.18. The molecule has 0 radical (unpaired) electrons. The summed E-state index contributed by atoms with van der Waals surface area (Å²) in [7, 11) is -1.93. The second-order valence-corrected chi connectivity index (χ2v) is 11.8. The van der Waals surface area contributed by atoms with Gasteiger partial charge in [-0.1, -0.05) is 26.8 Å². The Morgan fingerprint density at radius 3 is 2.48 bits per heavy atom. The molecular weight excluding hydrogens is 312 g/mol. The molecule has 1 rings (SSSR count). The number of carbonyl (C=O) groups excluding carboxylic acids is 1. The maximum absolute atomic E-state index is 12.0. The van der Waals surface area contributed by atoms with E-state index in [9.17, 15) is 14.7 Å². The second kappa shape index (κ2) is 7.70. The molecule has 1 amide bonds. The van der Waals surface area contributed by atoms with Crippen molar-refractivity contribution in [2.75, 3.05) is 6.61 Å². The normalized spacial score (nSPS) is 13.4. The first-order chi connectivity index (χ1) is 10.5. The van der Waals surface area contributed by atoms with Gasteiger partial charge in [0.15, 0.2) is 8.32 Å². The van der Waals surface area contributed by atoms with Crippen LogP contribution in [-0.2, 0) is 9.22 Å². The van der Waals surface area contributed by atoms with Crippen LogP contribution in [0.5, 0.6) is 0 Å². The zero-order valence-electron chi connectivity index (χ0n) is 14.4. The molecule has 23 heavy (non-hydrogen) atoms. The van der Waals surface area contributed by atoms with Gasteiger partial charge < -0.3 is 14.8 Å². The summed E-state index contributed by atoms with van der Waals surface area (Å²) in [6.45, 7) is 10.9. The Bertz CT molecular complexity index is 541. The Morgan fingerprint density at radius 2 is 2.00 bits per heavy atom. The van der Waals surface area contributed by atoms with E-state index < -0.39 is 26.2 Å². The van der Waals surface area contributed by atoms with Gasteiger partial charge in [-0.15, -0.1) is 0 Å². The lowest BCUT2D eigenvalue weighted by atomic mass is 10.2. The molecule has 1 atom stereocenters. The molecule has 0 saturated heterocycles. The molecule has 0 bridgehead atoms. The summed E-state index contributed by atoms with van der Waals surface area (Å²) < 4.78 is 5.97. The number of carbonyl (C=O) groups is 2. The highest BCUT2D eigenvalue weighted by molar-refractivity contribution is 6.74. The molecule has 2 N–H and O–H groups in total. The van der Waals surface area contributed by atoms with Gasteiger partial charge in [0, 0.05) is 19.2 Å². The van der Waals surface area contributed by atoms with Crippen molar-refractivity contribution >= 4 is 20.2 Å². The minimum Gasteiger partial charge on any atom is -0.480 e. The number of rotatable bonds is 7. The van der Waals surface area contributed by atoms with E-state index in [2.05, 4.69) is 44.2 Å². The van der Waals surface area contributed by atoms with Crippen LogP contribution in [0.15, 0.2) is 24.4 Å². The monoisotopic (exact) mass is 338 g/mol. The van der Waals surface area contributed by atoms with Crippen LogP contribution in [0.3, 0.4) is 0 Å². The van der Waals surface area contributed by atoms with Crippen LogP contribution in [-0.4, -0.2) is 42.9 Å². The minimum absolute atomic E-state index is 0.0585. The SMILES string of the molecule is CC(C)(C)[Si](C)(C)OCC[C@H](NC(=O)c1ccccn1)C(=O)O. The number of nitrogens with one attached hydrogen (secondary N) is 1. The van der Waals surface area contributed by atoms with Crippen molar-refractivity contribution in [2.24, 2.45) is 0 Å². The van der Waals surface area contributed by atoms with E-state index in [1.54, 1.807) is 18.2 Å². The highest BCUT2D eigenvalue weighted by atomic mass is 28.4. The van der Waals surface area contributed by atoms with Crippen LogP contribution < -0.4 is 5.32 Å². The molecule has 1 heterocycles. The van der Waals surface area contributed by atoms with E-state index in [1.165, 1.54) is 6.20 Å². The molecule has 0 saturated carbocycles. The van der Waals surface area contributed by atoms with Crippen LogP contribution in [0.2, 0.25) is 18.1 Å². The number of aliphatic carboxylic acids is 1. The van der Waals surface area contributed by atoms with Crippen molar-refractivity contribution in [3.63, 3.8) is 0 Å². The summed E-state index contributed by atoms with van der Waals surface area (Å²) in [5.41, 5.74) is 0.198. The number of pyridine rings is 1. The fourth-order valence-electron chi connectivity index (χ4n) is 1.64. The van der Waals surface area contributed by atoms with Gasteiger partial charge in [-0.25, -0.2) is 4.79 Å². The standard InChI is InChI=1S/C16H26N2O4Si/c1-16(2,3)23(4,5)22-11-9-13(15(20)21)18-14(19)12-8-6-7-10-17-12/h6-8,10,13H,9,11H2,1-5H3,(H,18,19)(H,20,21)/t13-/m0/s1. The van der Waals surface area contributed by atoms with Gasteiger partial charge in [0.2, 0.25) is 0 Å². The van der Waals surface area contributed by atoms with Crippen LogP contribution in [0.1, 0.15) is 37.7 Å². The summed E-state index contributed by atoms with van der Waals surface area (Å²) in [6.07, 6.45) is 1.71. The Balaban J connectivity index is 2.60. The first kappa shape index (κ1) is 19.3. The lowest BCUT2D eigenvalue weighted by molar-refractivity contribution is -0.139. The summed E-state index contributed by atoms with van der Waals surface area (Å²) in [6, 6.07) is 3.92. The van der Waals surface area contributed by atoms with Gasteiger partial charge in [-0.2, -0.15) is 0 Å². The predicted octanol–water partition coefficient (Wildman–Crippen LogP) is 2.68. The summed E-state index contributed by atoms with van der Waals surface area (Å²) in [5, 5.41) is 11.8. The Morgan fingerprint density at radius 1 is 1.35 bits per heavy atom. The zero-order valence-corrected chi connectivity index (χ0v) is 15.4. The zero-order chi connectivity index (χ0) is 17.7. The lowest BCUT2D eigenvalue weighted by Gasteiger charge is -2.36. The van der Waals surface area contributed by atoms with Gasteiger partial charge in [0.05, 0.1) is 0 Å². The first-order valence-electron chi connectivity index (χ1n) is 7.63. The number of hydrogen-bond donors (Lipinski definition) is 2. The van der Waals surface area contributed by atoms with E-state index in [-0.39, 0.29) is 17.2 Å². The number of amides is 1. The molecule has 0 unspecified atom stereocenters. The highest BCUT2D eigenvalue weighted by Crippen LogP contribution is 2.36. The maximum atomic E-state index is 12.0. The number of carboxylic acids is 1. The Hall–Kier alpha value is -1.73. The van der Waals surface area contributed by atoms with Crippen LogP contribution in [0.4, 0.5) is 0 Å².